The van der Waals surface area contributed by atoms with Gasteiger partial charge in [0.05, 0.1) is 21.3 Å². The van der Waals surface area contributed by atoms with Gasteiger partial charge in [-0.3, -0.25) is 9.59 Å². The van der Waals surface area contributed by atoms with E-state index in [1.807, 2.05) is 0 Å². The van der Waals surface area contributed by atoms with Crippen LogP contribution in [0.15, 0.2) is 0 Å². The molecule has 132 valence electrons. The highest BCUT2D eigenvalue weighted by Gasteiger charge is 2.36. The number of methoxy groups -OCH3 is 3. The monoisotopic (exact) mass is 333 g/mol. The fourth-order valence-electron chi connectivity index (χ4n) is 1.62. The third-order valence-electron chi connectivity index (χ3n) is 2.62. The van der Waals surface area contributed by atoms with E-state index in [4.69, 9.17) is 4.74 Å². The number of esters is 3. The fraction of sp³-hybridized carbons (Fsp3) is 0.714. The molecule has 9 heteroatoms. The maximum absolute atomic E-state index is 11.8. The van der Waals surface area contributed by atoms with Gasteiger partial charge in [-0.2, -0.15) is 0 Å². The molecule has 1 atom stereocenters. The van der Waals surface area contributed by atoms with Crippen molar-refractivity contribution >= 4 is 24.0 Å². The minimum atomic E-state index is -1.39. The second kappa shape index (κ2) is 8.96. The number of rotatable bonds is 6. The molecular weight excluding hydrogens is 310 g/mol. The van der Waals surface area contributed by atoms with Crippen molar-refractivity contribution in [2.45, 2.75) is 38.8 Å². The Morgan fingerprint density at radius 3 is 1.65 bits per heavy atom. The fourth-order valence-corrected chi connectivity index (χ4v) is 1.62. The molecule has 1 amide bonds. The first-order chi connectivity index (χ1) is 10.6. The number of amides is 1. The third kappa shape index (κ3) is 7.48. The summed E-state index contributed by atoms with van der Waals surface area (Å²) in [5, 5.41) is 2.26. The van der Waals surface area contributed by atoms with Gasteiger partial charge >= 0.3 is 24.0 Å². The lowest BCUT2D eigenvalue weighted by Gasteiger charge is -2.23. The molecule has 0 aromatic heterocycles. The summed E-state index contributed by atoms with van der Waals surface area (Å²) in [5.74, 6) is -4.01. The summed E-state index contributed by atoms with van der Waals surface area (Å²) in [6.45, 7) is 4.93. The van der Waals surface area contributed by atoms with Crippen LogP contribution >= 0.6 is 0 Å². The van der Waals surface area contributed by atoms with E-state index in [0.29, 0.717) is 0 Å². The number of hydrogen-bond acceptors (Lipinski definition) is 8. The van der Waals surface area contributed by atoms with E-state index in [-0.39, 0.29) is 6.42 Å². The van der Waals surface area contributed by atoms with Gasteiger partial charge in [0.25, 0.3) is 0 Å². The Bertz CT molecular complexity index is 438. The van der Waals surface area contributed by atoms with Crippen molar-refractivity contribution < 1.29 is 38.1 Å². The van der Waals surface area contributed by atoms with Crippen LogP contribution in [0, 0.1) is 5.92 Å². The predicted molar refractivity (Wildman–Crippen MR) is 77.3 cm³/mol. The largest absolute Gasteiger partial charge is 0.468 e. The van der Waals surface area contributed by atoms with Crippen LogP contribution in [0.2, 0.25) is 0 Å². The second-order valence-corrected chi connectivity index (χ2v) is 5.56. The van der Waals surface area contributed by atoms with Crippen LogP contribution in [-0.4, -0.2) is 57.0 Å². The average molecular weight is 333 g/mol. The molecular formula is C14H23NO8. The maximum Gasteiger partial charge on any atom is 0.408 e. The van der Waals surface area contributed by atoms with Crippen molar-refractivity contribution in [1.82, 2.24) is 5.32 Å². The Morgan fingerprint density at radius 2 is 1.30 bits per heavy atom. The van der Waals surface area contributed by atoms with Gasteiger partial charge < -0.3 is 24.3 Å². The molecule has 0 bridgehead atoms. The summed E-state index contributed by atoms with van der Waals surface area (Å²) >= 11 is 0. The standard InChI is InChI=1S/C14H23NO8/c1-14(2,3)23-13(19)15-9(12(18)22-6)7-8(10(16)20-4)11(17)21-5/h8-9H,7H2,1-6H3,(H,15,19)/t9-/m1/s1. The molecule has 0 heterocycles. The van der Waals surface area contributed by atoms with Gasteiger partial charge in [-0.1, -0.05) is 0 Å². The van der Waals surface area contributed by atoms with E-state index in [9.17, 15) is 19.2 Å². The zero-order valence-electron chi connectivity index (χ0n) is 14.1. The predicted octanol–water partition coefficient (Wildman–Crippen LogP) is 0.405. The Balaban J connectivity index is 5.16. The first-order valence-electron chi connectivity index (χ1n) is 6.78. The van der Waals surface area contributed by atoms with Crippen LogP contribution in [0.25, 0.3) is 0 Å². The quantitative estimate of drug-likeness (QED) is 0.422. The molecule has 0 saturated carbocycles. The first-order valence-corrected chi connectivity index (χ1v) is 6.78. The van der Waals surface area contributed by atoms with Gasteiger partial charge in [-0.15, -0.1) is 0 Å². The van der Waals surface area contributed by atoms with Crippen LogP contribution in [0.3, 0.4) is 0 Å². The Hall–Kier alpha value is -2.32. The Kier molecular flexibility index (Phi) is 8.06. The van der Waals surface area contributed by atoms with Crippen molar-refractivity contribution in [2.75, 3.05) is 21.3 Å². The maximum atomic E-state index is 11.8. The molecule has 9 nitrogen and oxygen atoms in total. The smallest absolute Gasteiger partial charge is 0.408 e. The van der Waals surface area contributed by atoms with Gasteiger partial charge in [0.2, 0.25) is 0 Å². The van der Waals surface area contributed by atoms with Gasteiger partial charge in [0.1, 0.15) is 11.6 Å². The van der Waals surface area contributed by atoms with Crippen molar-refractivity contribution in [3.05, 3.63) is 0 Å². The molecule has 0 radical (unpaired) electrons. The average Bonchev–Trinajstić information content (AvgIpc) is 2.47. The molecule has 1 N–H and O–H groups in total. The normalized spacial score (nSPS) is 12.1. The summed E-state index contributed by atoms with van der Waals surface area (Å²) in [6, 6.07) is -1.28. The number of alkyl carbamates (subject to hydrolysis) is 1. The molecule has 0 fully saturated rings. The minimum absolute atomic E-state index is 0.384. The van der Waals surface area contributed by atoms with Crippen molar-refractivity contribution in [1.29, 1.82) is 0 Å². The minimum Gasteiger partial charge on any atom is -0.468 e. The van der Waals surface area contributed by atoms with Gasteiger partial charge in [-0.05, 0) is 20.8 Å². The van der Waals surface area contributed by atoms with Crippen molar-refractivity contribution in [3.8, 4) is 0 Å². The van der Waals surface area contributed by atoms with E-state index in [1.165, 1.54) is 0 Å². The molecule has 0 aliphatic rings. The molecule has 0 spiro atoms. The van der Waals surface area contributed by atoms with Crippen molar-refractivity contribution in [3.63, 3.8) is 0 Å². The highest BCUT2D eigenvalue weighted by Crippen LogP contribution is 2.14. The molecule has 23 heavy (non-hydrogen) atoms. The summed E-state index contributed by atoms with van der Waals surface area (Å²) in [4.78, 5) is 46.9. The lowest BCUT2D eigenvalue weighted by atomic mass is 10.00. The SMILES string of the molecule is COC(=O)C(C[C@@H](NC(=O)OC(C)(C)C)C(=O)OC)C(=O)OC. The van der Waals surface area contributed by atoms with Crippen LogP contribution in [0.5, 0.6) is 0 Å². The molecule has 0 rings (SSSR count). The van der Waals surface area contributed by atoms with E-state index in [1.54, 1.807) is 20.8 Å². The number of carbonyl (C=O) groups excluding carboxylic acids is 4. The van der Waals surface area contributed by atoms with Crippen LogP contribution < -0.4 is 5.32 Å². The zero-order chi connectivity index (χ0) is 18.2. The Morgan fingerprint density at radius 1 is 0.870 bits per heavy atom. The van der Waals surface area contributed by atoms with E-state index in [2.05, 4.69) is 19.5 Å². The number of hydrogen-bond donors (Lipinski definition) is 1. The molecule has 0 aromatic carbocycles. The summed E-state index contributed by atoms with van der Waals surface area (Å²) < 4.78 is 18.6. The Labute approximate surface area is 134 Å². The molecule has 0 aliphatic carbocycles. The highest BCUT2D eigenvalue weighted by atomic mass is 16.6. The van der Waals surface area contributed by atoms with Gasteiger partial charge in [0.15, 0.2) is 5.92 Å². The molecule has 0 aliphatic heterocycles. The van der Waals surface area contributed by atoms with Crippen LogP contribution in [0.1, 0.15) is 27.2 Å². The van der Waals surface area contributed by atoms with Crippen LogP contribution in [-0.2, 0) is 33.3 Å². The second-order valence-electron chi connectivity index (χ2n) is 5.56. The third-order valence-corrected chi connectivity index (χ3v) is 2.62. The molecule has 0 unspecified atom stereocenters. The number of carbonyl (C=O) groups is 4. The topological polar surface area (TPSA) is 117 Å². The van der Waals surface area contributed by atoms with Crippen LogP contribution in [0.4, 0.5) is 4.79 Å². The van der Waals surface area contributed by atoms with E-state index in [0.717, 1.165) is 21.3 Å². The summed E-state index contributed by atoms with van der Waals surface area (Å²) in [7, 11) is 3.29. The van der Waals surface area contributed by atoms with Gasteiger partial charge in [-0.25, -0.2) is 9.59 Å². The number of nitrogens with one attached hydrogen (secondary N) is 1. The van der Waals surface area contributed by atoms with Crippen molar-refractivity contribution in [2.24, 2.45) is 5.92 Å². The summed E-state index contributed by atoms with van der Waals surface area (Å²) in [5.41, 5.74) is -0.783. The highest BCUT2D eigenvalue weighted by molar-refractivity contribution is 5.95. The van der Waals surface area contributed by atoms with E-state index >= 15 is 0 Å². The number of ether oxygens (including phenoxy) is 4. The lowest BCUT2D eigenvalue weighted by Crippen LogP contribution is -2.46. The molecule has 0 aromatic rings. The van der Waals surface area contributed by atoms with E-state index < -0.39 is 41.6 Å². The zero-order valence-corrected chi connectivity index (χ0v) is 14.1. The summed E-state index contributed by atoms with van der Waals surface area (Å²) in [6.07, 6.45) is -1.27. The molecule has 0 saturated heterocycles. The first kappa shape index (κ1) is 20.7. The van der Waals surface area contributed by atoms with Gasteiger partial charge in [0, 0.05) is 6.42 Å². The lowest BCUT2D eigenvalue weighted by molar-refractivity contribution is -0.160.